The van der Waals surface area contributed by atoms with E-state index in [2.05, 4.69) is 51.2 Å². The molecule has 3 nitrogen and oxygen atoms in total. The van der Waals surface area contributed by atoms with Crippen molar-refractivity contribution in [2.45, 2.75) is 64.7 Å². The van der Waals surface area contributed by atoms with Crippen LogP contribution >= 0.6 is 0 Å². The summed E-state index contributed by atoms with van der Waals surface area (Å²) in [4.78, 5) is 0. The predicted molar refractivity (Wildman–Crippen MR) is 87.1 cm³/mol. The van der Waals surface area contributed by atoms with Gasteiger partial charge < -0.3 is 14.8 Å². The van der Waals surface area contributed by atoms with Crippen LogP contribution < -0.4 is 10.1 Å². The molecule has 1 aliphatic carbocycles. The molecule has 1 aromatic rings. The molecule has 1 aromatic carbocycles. The molecule has 0 heterocycles. The summed E-state index contributed by atoms with van der Waals surface area (Å²) in [5.74, 6) is 0.995. The summed E-state index contributed by atoms with van der Waals surface area (Å²) in [6.07, 6.45) is 1.32. The van der Waals surface area contributed by atoms with Crippen molar-refractivity contribution < 1.29 is 9.47 Å². The van der Waals surface area contributed by atoms with Crippen molar-refractivity contribution >= 4 is 0 Å². The predicted octanol–water partition coefficient (Wildman–Crippen LogP) is 3.52. The van der Waals surface area contributed by atoms with Gasteiger partial charge >= 0.3 is 0 Å². The zero-order valence-corrected chi connectivity index (χ0v) is 14.0. The Hall–Kier alpha value is -1.06. The van der Waals surface area contributed by atoms with Gasteiger partial charge in [0.1, 0.15) is 18.0 Å². The van der Waals surface area contributed by atoms with Crippen LogP contribution in [0.25, 0.3) is 0 Å². The van der Waals surface area contributed by atoms with E-state index in [4.69, 9.17) is 9.47 Å². The van der Waals surface area contributed by atoms with Crippen molar-refractivity contribution in [1.82, 2.24) is 5.32 Å². The van der Waals surface area contributed by atoms with E-state index in [1.807, 2.05) is 13.0 Å². The van der Waals surface area contributed by atoms with Gasteiger partial charge in [0, 0.05) is 19.1 Å². The SMILES string of the molecule is CCNC1CC(Oc2ccccc2C(C)(C)C)C1OCC. The maximum absolute atomic E-state index is 6.28. The van der Waals surface area contributed by atoms with Crippen molar-refractivity contribution in [3.05, 3.63) is 29.8 Å². The van der Waals surface area contributed by atoms with E-state index in [1.165, 1.54) is 5.56 Å². The first-order valence-corrected chi connectivity index (χ1v) is 8.08. The second-order valence-electron chi connectivity index (χ2n) is 6.72. The average Bonchev–Trinajstić information content (AvgIpc) is 2.43. The second kappa shape index (κ2) is 6.80. The molecule has 0 bridgehead atoms. The minimum absolute atomic E-state index is 0.0858. The monoisotopic (exact) mass is 291 g/mol. The van der Waals surface area contributed by atoms with Crippen LogP contribution in [0.4, 0.5) is 0 Å². The Morgan fingerprint density at radius 3 is 2.52 bits per heavy atom. The Morgan fingerprint density at radius 2 is 1.90 bits per heavy atom. The summed E-state index contributed by atoms with van der Waals surface area (Å²) >= 11 is 0. The second-order valence-corrected chi connectivity index (χ2v) is 6.72. The van der Waals surface area contributed by atoms with Gasteiger partial charge in [-0.3, -0.25) is 0 Å². The van der Waals surface area contributed by atoms with Gasteiger partial charge in [-0.25, -0.2) is 0 Å². The fourth-order valence-corrected chi connectivity index (χ4v) is 2.93. The lowest BCUT2D eigenvalue weighted by molar-refractivity contribution is -0.104. The summed E-state index contributed by atoms with van der Waals surface area (Å²) in [7, 11) is 0. The topological polar surface area (TPSA) is 30.5 Å². The molecule has 1 aliphatic rings. The highest BCUT2D eigenvalue weighted by molar-refractivity contribution is 5.38. The van der Waals surface area contributed by atoms with E-state index in [-0.39, 0.29) is 17.6 Å². The molecule has 0 spiro atoms. The van der Waals surface area contributed by atoms with Crippen LogP contribution in [0.5, 0.6) is 5.75 Å². The van der Waals surface area contributed by atoms with Gasteiger partial charge in [-0.2, -0.15) is 0 Å². The zero-order chi connectivity index (χ0) is 15.5. The molecule has 118 valence electrons. The molecule has 0 radical (unpaired) electrons. The minimum Gasteiger partial charge on any atom is -0.487 e. The summed E-state index contributed by atoms with van der Waals surface area (Å²) in [5, 5.41) is 3.47. The van der Waals surface area contributed by atoms with Crippen molar-refractivity contribution in [2.75, 3.05) is 13.2 Å². The highest BCUT2D eigenvalue weighted by Gasteiger charge is 2.43. The van der Waals surface area contributed by atoms with E-state index in [9.17, 15) is 0 Å². The van der Waals surface area contributed by atoms with Crippen molar-refractivity contribution in [1.29, 1.82) is 0 Å². The Balaban J connectivity index is 2.09. The third-order valence-electron chi connectivity index (χ3n) is 4.05. The Bertz CT molecular complexity index is 453. The van der Waals surface area contributed by atoms with E-state index in [0.717, 1.165) is 25.3 Å². The third kappa shape index (κ3) is 3.78. The van der Waals surface area contributed by atoms with Gasteiger partial charge in [0.15, 0.2) is 0 Å². The van der Waals surface area contributed by atoms with Gasteiger partial charge in [-0.1, -0.05) is 45.9 Å². The van der Waals surface area contributed by atoms with Crippen molar-refractivity contribution in [3.63, 3.8) is 0 Å². The number of hydrogen-bond donors (Lipinski definition) is 1. The third-order valence-corrected chi connectivity index (χ3v) is 4.05. The van der Waals surface area contributed by atoms with E-state index < -0.39 is 0 Å². The highest BCUT2D eigenvalue weighted by atomic mass is 16.5. The minimum atomic E-state index is 0.0858. The Morgan fingerprint density at radius 1 is 1.19 bits per heavy atom. The largest absolute Gasteiger partial charge is 0.487 e. The number of benzene rings is 1. The molecular formula is C18H29NO2. The molecule has 0 aromatic heterocycles. The van der Waals surface area contributed by atoms with Crippen LogP contribution in [0.15, 0.2) is 24.3 Å². The summed E-state index contributed by atoms with van der Waals surface area (Å²) in [5.41, 5.74) is 1.34. The average molecular weight is 291 g/mol. The van der Waals surface area contributed by atoms with Crippen LogP contribution in [0.2, 0.25) is 0 Å². The lowest BCUT2D eigenvalue weighted by Crippen LogP contribution is -2.61. The van der Waals surface area contributed by atoms with E-state index >= 15 is 0 Å². The maximum atomic E-state index is 6.28. The molecule has 1 fully saturated rings. The normalized spacial score (nSPS) is 25.5. The number of likely N-dealkylation sites (N-methyl/N-ethyl adjacent to an activating group) is 1. The molecule has 3 atom stereocenters. The van der Waals surface area contributed by atoms with Crippen LogP contribution in [-0.4, -0.2) is 31.4 Å². The molecule has 1 saturated carbocycles. The fraction of sp³-hybridized carbons (Fsp3) is 0.667. The molecule has 0 aliphatic heterocycles. The summed E-state index contributed by atoms with van der Waals surface area (Å²) < 4.78 is 12.2. The van der Waals surface area contributed by atoms with Gasteiger partial charge in [0.05, 0.1) is 0 Å². The van der Waals surface area contributed by atoms with Gasteiger partial charge in [0.2, 0.25) is 0 Å². The van der Waals surface area contributed by atoms with Crippen LogP contribution in [0, 0.1) is 0 Å². The molecule has 0 amide bonds. The number of nitrogens with one attached hydrogen (secondary N) is 1. The van der Waals surface area contributed by atoms with Gasteiger partial charge in [0.25, 0.3) is 0 Å². The zero-order valence-electron chi connectivity index (χ0n) is 14.0. The lowest BCUT2D eigenvalue weighted by Gasteiger charge is -2.44. The molecule has 2 rings (SSSR count). The smallest absolute Gasteiger partial charge is 0.128 e. The Labute approximate surface area is 129 Å². The number of para-hydroxylation sites is 1. The summed E-state index contributed by atoms with van der Waals surface area (Å²) in [6.45, 7) is 12.5. The first-order chi connectivity index (χ1) is 9.97. The number of ether oxygens (including phenoxy) is 2. The summed E-state index contributed by atoms with van der Waals surface area (Å²) in [6, 6.07) is 8.77. The van der Waals surface area contributed by atoms with Gasteiger partial charge in [-0.15, -0.1) is 0 Å². The first-order valence-electron chi connectivity index (χ1n) is 8.08. The Kier molecular flexibility index (Phi) is 5.28. The van der Waals surface area contributed by atoms with Crippen molar-refractivity contribution in [3.8, 4) is 5.75 Å². The lowest BCUT2D eigenvalue weighted by atomic mass is 9.84. The molecule has 1 N–H and O–H groups in total. The van der Waals surface area contributed by atoms with Crippen molar-refractivity contribution in [2.24, 2.45) is 0 Å². The molecule has 0 saturated heterocycles. The number of rotatable bonds is 6. The molecule has 3 heteroatoms. The highest BCUT2D eigenvalue weighted by Crippen LogP contribution is 2.35. The first kappa shape index (κ1) is 16.3. The molecule has 3 unspecified atom stereocenters. The number of hydrogen-bond acceptors (Lipinski definition) is 3. The quantitative estimate of drug-likeness (QED) is 0.870. The van der Waals surface area contributed by atoms with Crippen LogP contribution in [0.3, 0.4) is 0 Å². The van der Waals surface area contributed by atoms with Gasteiger partial charge in [-0.05, 0) is 30.5 Å². The fourth-order valence-electron chi connectivity index (χ4n) is 2.93. The molecule has 21 heavy (non-hydrogen) atoms. The van der Waals surface area contributed by atoms with E-state index in [1.54, 1.807) is 0 Å². The van der Waals surface area contributed by atoms with Crippen LogP contribution in [-0.2, 0) is 10.2 Å². The van der Waals surface area contributed by atoms with Crippen LogP contribution in [0.1, 0.15) is 46.6 Å². The van der Waals surface area contributed by atoms with E-state index in [0.29, 0.717) is 6.04 Å². The molecular weight excluding hydrogens is 262 g/mol. The standard InChI is InChI=1S/C18H29NO2/c1-6-19-14-12-16(17(14)20-7-2)21-15-11-9-8-10-13(15)18(3,4)5/h8-11,14,16-17,19H,6-7,12H2,1-5H3. The maximum Gasteiger partial charge on any atom is 0.128 e.